The third kappa shape index (κ3) is 8.07. The van der Waals surface area contributed by atoms with E-state index in [-0.39, 0.29) is 0 Å². The molecule has 0 aliphatic carbocycles. The van der Waals surface area contributed by atoms with Gasteiger partial charge in [0.2, 0.25) is 0 Å². The van der Waals surface area contributed by atoms with Crippen LogP contribution in [0.1, 0.15) is 16.7 Å². The van der Waals surface area contributed by atoms with Crippen LogP contribution in [0.25, 0.3) is 0 Å². The normalized spacial score (nSPS) is 23.5. The van der Waals surface area contributed by atoms with Gasteiger partial charge in [0.1, 0.15) is 24.4 Å². The molecule has 0 aromatic heterocycles. The molecule has 1 aliphatic heterocycles. The van der Waals surface area contributed by atoms with Crippen molar-refractivity contribution in [2.75, 3.05) is 20.3 Å². The highest BCUT2D eigenvalue weighted by Gasteiger charge is 2.48. The first-order valence-corrected chi connectivity index (χ1v) is 12.6. The Labute approximate surface area is 219 Å². The molecule has 1 aliphatic rings. The monoisotopic (exact) mass is 504 g/mol. The Morgan fingerprint density at radius 2 is 1.19 bits per heavy atom. The second kappa shape index (κ2) is 14.8. The van der Waals surface area contributed by atoms with E-state index in [4.69, 9.17) is 28.4 Å². The SMILES string of the molecule is C=CCOC1C(OCc2ccccc2)[C@@H](OC)OC(COCc2ccccc2)[C@@H]1OCc1ccccc1. The molecule has 37 heavy (non-hydrogen) atoms. The molecule has 6 nitrogen and oxygen atoms in total. The number of rotatable bonds is 14. The maximum absolute atomic E-state index is 6.47. The van der Waals surface area contributed by atoms with Crippen LogP contribution < -0.4 is 0 Å². The van der Waals surface area contributed by atoms with Gasteiger partial charge in [-0.1, -0.05) is 97.1 Å². The van der Waals surface area contributed by atoms with Crippen molar-refractivity contribution in [3.63, 3.8) is 0 Å². The van der Waals surface area contributed by atoms with Crippen LogP contribution in [0.15, 0.2) is 104 Å². The summed E-state index contributed by atoms with van der Waals surface area (Å²) in [7, 11) is 1.61. The maximum Gasteiger partial charge on any atom is 0.186 e. The fourth-order valence-corrected chi connectivity index (χ4v) is 4.35. The lowest BCUT2D eigenvalue weighted by molar-refractivity contribution is -0.320. The summed E-state index contributed by atoms with van der Waals surface area (Å²) in [5, 5.41) is 0. The molecule has 3 aromatic carbocycles. The Kier molecular flexibility index (Phi) is 10.9. The Morgan fingerprint density at radius 1 is 0.676 bits per heavy atom. The van der Waals surface area contributed by atoms with E-state index in [0.717, 1.165) is 16.7 Å². The third-order valence-electron chi connectivity index (χ3n) is 6.19. The number of methoxy groups -OCH3 is 1. The van der Waals surface area contributed by atoms with E-state index in [0.29, 0.717) is 33.0 Å². The molecule has 0 amide bonds. The van der Waals surface area contributed by atoms with Crippen LogP contribution >= 0.6 is 0 Å². The lowest BCUT2D eigenvalue weighted by atomic mass is 9.98. The number of hydrogen-bond acceptors (Lipinski definition) is 6. The predicted octanol–water partition coefficient (Wildman–Crippen LogP) is 5.32. The predicted molar refractivity (Wildman–Crippen MR) is 142 cm³/mol. The Morgan fingerprint density at radius 3 is 1.70 bits per heavy atom. The summed E-state index contributed by atoms with van der Waals surface area (Å²) in [4.78, 5) is 0. The molecule has 196 valence electrons. The van der Waals surface area contributed by atoms with Crippen molar-refractivity contribution >= 4 is 0 Å². The fourth-order valence-electron chi connectivity index (χ4n) is 4.35. The molecule has 3 unspecified atom stereocenters. The second-order valence-electron chi connectivity index (χ2n) is 8.89. The number of hydrogen-bond donors (Lipinski definition) is 0. The van der Waals surface area contributed by atoms with Gasteiger partial charge in [-0.2, -0.15) is 0 Å². The Hall–Kier alpha value is -2.84. The summed E-state index contributed by atoms with van der Waals surface area (Å²) in [5.41, 5.74) is 3.20. The van der Waals surface area contributed by atoms with Gasteiger partial charge >= 0.3 is 0 Å². The highest BCUT2D eigenvalue weighted by Crippen LogP contribution is 2.30. The van der Waals surface area contributed by atoms with Crippen molar-refractivity contribution in [2.45, 2.75) is 50.5 Å². The third-order valence-corrected chi connectivity index (χ3v) is 6.19. The van der Waals surface area contributed by atoms with Gasteiger partial charge in [-0.05, 0) is 16.7 Å². The summed E-state index contributed by atoms with van der Waals surface area (Å²) < 4.78 is 37.3. The average molecular weight is 505 g/mol. The summed E-state index contributed by atoms with van der Waals surface area (Å²) in [5.74, 6) is 0. The molecule has 4 rings (SSSR count). The molecule has 1 saturated heterocycles. The summed E-state index contributed by atoms with van der Waals surface area (Å²) >= 11 is 0. The quantitative estimate of drug-likeness (QED) is 0.277. The molecule has 0 spiro atoms. The first kappa shape index (κ1) is 27.2. The first-order valence-electron chi connectivity index (χ1n) is 12.6. The minimum Gasteiger partial charge on any atom is -0.374 e. The van der Waals surface area contributed by atoms with Gasteiger partial charge in [-0.25, -0.2) is 0 Å². The Bertz CT molecular complexity index is 1030. The summed E-state index contributed by atoms with van der Waals surface area (Å²) in [6.07, 6.45) is -0.793. The summed E-state index contributed by atoms with van der Waals surface area (Å²) in [6.45, 7) is 5.75. The smallest absolute Gasteiger partial charge is 0.186 e. The largest absolute Gasteiger partial charge is 0.374 e. The highest BCUT2D eigenvalue weighted by molar-refractivity contribution is 5.15. The molecule has 5 atom stereocenters. The van der Waals surface area contributed by atoms with E-state index in [1.54, 1.807) is 13.2 Å². The van der Waals surface area contributed by atoms with Crippen molar-refractivity contribution < 1.29 is 28.4 Å². The van der Waals surface area contributed by atoms with Gasteiger partial charge in [0.05, 0.1) is 33.0 Å². The number of ether oxygens (including phenoxy) is 6. The van der Waals surface area contributed by atoms with Gasteiger partial charge < -0.3 is 28.4 Å². The first-order chi connectivity index (χ1) is 18.3. The van der Waals surface area contributed by atoms with Gasteiger partial charge in [-0.3, -0.25) is 0 Å². The maximum atomic E-state index is 6.47. The minimum absolute atomic E-state index is 0.313. The van der Waals surface area contributed by atoms with Crippen LogP contribution in [0, 0.1) is 0 Å². The summed E-state index contributed by atoms with van der Waals surface area (Å²) in [6, 6.07) is 30.1. The van der Waals surface area contributed by atoms with Gasteiger partial charge in [0, 0.05) is 7.11 Å². The average Bonchev–Trinajstić information content (AvgIpc) is 2.96. The van der Waals surface area contributed by atoms with Crippen LogP contribution in [0.2, 0.25) is 0 Å². The molecule has 0 N–H and O–H groups in total. The van der Waals surface area contributed by atoms with Crippen molar-refractivity contribution in [2.24, 2.45) is 0 Å². The zero-order valence-corrected chi connectivity index (χ0v) is 21.3. The zero-order chi connectivity index (χ0) is 25.7. The molecule has 3 aromatic rings. The van der Waals surface area contributed by atoms with Crippen LogP contribution in [0.5, 0.6) is 0 Å². The molecule has 0 bridgehead atoms. The molecule has 0 saturated carbocycles. The molecule has 6 heteroatoms. The Balaban J connectivity index is 1.52. The minimum atomic E-state index is -0.652. The molecular weight excluding hydrogens is 468 g/mol. The van der Waals surface area contributed by atoms with Crippen molar-refractivity contribution in [1.29, 1.82) is 0 Å². The van der Waals surface area contributed by atoms with Crippen molar-refractivity contribution in [3.05, 3.63) is 120 Å². The molecule has 0 radical (unpaired) electrons. The van der Waals surface area contributed by atoms with Gasteiger partial charge in [0.25, 0.3) is 0 Å². The fraction of sp³-hybridized carbons (Fsp3) is 0.355. The van der Waals surface area contributed by atoms with Crippen LogP contribution in [-0.2, 0) is 48.2 Å². The van der Waals surface area contributed by atoms with E-state index >= 15 is 0 Å². The topological polar surface area (TPSA) is 55.4 Å². The van der Waals surface area contributed by atoms with E-state index < -0.39 is 30.7 Å². The lowest BCUT2D eigenvalue weighted by Gasteiger charge is -2.45. The lowest BCUT2D eigenvalue weighted by Crippen LogP contribution is -2.61. The molecule has 1 heterocycles. The van der Waals surface area contributed by atoms with Crippen LogP contribution in [-0.4, -0.2) is 51.0 Å². The van der Waals surface area contributed by atoms with E-state index in [9.17, 15) is 0 Å². The van der Waals surface area contributed by atoms with E-state index in [1.807, 2.05) is 91.0 Å². The van der Waals surface area contributed by atoms with Crippen molar-refractivity contribution in [1.82, 2.24) is 0 Å². The van der Waals surface area contributed by atoms with Gasteiger partial charge in [0.15, 0.2) is 6.29 Å². The second-order valence-corrected chi connectivity index (χ2v) is 8.89. The van der Waals surface area contributed by atoms with Crippen molar-refractivity contribution in [3.8, 4) is 0 Å². The van der Waals surface area contributed by atoms with Gasteiger partial charge in [-0.15, -0.1) is 6.58 Å². The highest BCUT2D eigenvalue weighted by atomic mass is 16.7. The molecule has 1 fully saturated rings. The molecular formula is C31H36O6. The van der Waals surface area contributed by atoms with Crippen LogP contribution in [0.4, 0.5) is 0 Å². The van der Waals surface area contributed by atoms with E-state index in [1.165, 1.54) is 0 Å². The van der Waals surface area contributed by atoms with E-state index in [2.05, 4.69) is 6.58 Å². The number of benzene rings is 3. The standard InChI is InChI=1S/C31H36O6/c1-3-19-34-29-28(35-21-25-15-9-5-10-16-25)27(23-33-20-24-13-7-4-8-14-24)37-31(32-2)30(29)36-22-26-17-11-6-12-18-26/h3-18,27-31H,1,19-23H2,2H3/t27?,28-,29?,30?,31-/m0/s1. The van der Waals surface area contributed by atoms with Crippen LogP contribution in [0.3, 0.4) is 0 Å². The zero-order valence-electron chi connectivity index (χ0n) is 21.3.